The van der Waals surface area contributed by atoms with Crippen LogP contribution in [0.1, 0.15) is 48.5 Å². The molecule has 0 bridgehead atoms. The Morgan fingerprint density at radius 3 is 2.23 bits per heavy atom. The predicted octanol–water partition coefficient (Wildman–Crippen LogP) is 4.84. The van der Waals surface area contributed by atoms with E-state index in [1.54, 1.807) is 24.3 Å². The van der Waals surface area contributed by atoms with Crippen LogP contribution in [0, 0.1) is 0 Å². The third kappa shape index (κ3) is 4.02. The molecule has 30 heavy (non-hydrogen) atoms. The van der Waals surface area contributed by atoms with Crippen LogP contribution >= 0.6 is 11.3 Å². The van der Waals surface area contributed by atoms with Crippen LogP contribution in [0.25, 0.3) is 11.3 Å². The fourth-order valence-electron chi connectivity index (χ4n) is 3.30. The van der Waals surface area contributed by atoms with Gasteiger partial charge in [-0.3, -0.25) is 24.6 Å². The second kappa shape index (κ2) is 8.20. The molecule has 3 amide bonds. The van der Waals surface area contributed by atoms with Gasteiger partial charge in [-0.25, -0.2) is 4.98 Å². The van der Waals surface area contributed by atoms with Gasteiger partial charge in [-0.15, -0.1) is 11.3 Å². The van der Waals surface area contributed by atoms with Crippen molar-refractivity contribution in [2.24, 2.45) is 0 Å². The average Bonchev–Trinajstić information content (AvgIpc) is 3.34. The molecule has 7 heteroatoms. The lowest BCUT2D eigenvalue weighted by atomic mass is 10.0. The summed E-state index contributed by atoms with van der Waals surface area (Å²) in [5.41, 5.74) is 3.99. The van der Waals surface area contributed by atoms with Gasteiger partial charge in [0.1, 0.15) is 0 Å². The van der Waals surface area contributed by atoms with Gasteiger partial charge in [-0.2, -0.15) is 0 Å². The lowest BCUT2D eigenvalue weighted by Gasteiger charge is -2.13. The topological polar surface area (TPSA) is 79.4 Å². The summed E-state index contributed by atoms with van der Waals surface area (Å²) in [5, 5.41) is 5.23. The Labute approximate surface area is 178 Å². The number of nitrogens with zero attached hydrogens (tertiary/aromatic N) is 2. The quantitative estimate of drug-likeness (QED) is 0.600. The van der Waals surface area contributed by atoms with Crippen LogP contribution in [0.3, 0.4) is 0 Å². The Balaban J connectivity index is 1.44. The number of rotatable bonds is 5. The van der Waals surface area contributed by atoms with E-state index in [0.29, 0.717) is 22.3 Å². The fraction of sp³-hybridized carbons (Fsp3) is 0.217. The molecule has 6 nitrogen and oxygen atoms in total. The lowest BCUT2D eigenvalue weighted by Crippen LogP contribution is -2.28. The number of hydrogen-bond acceptors (Lipinski definition) is 5. The number of carbonyl (C=O) groups is 3. The number of benzene rings is 2. The largest absolute Gasteiger partial charge is 0.298 e. The van der Waals surface area contributed by atoms with Gasteiger partial charge < -0.3 is 0 Å². The smallest absolute Gasteiger partial charge is 0.257 e. The third-order valence-corrected chi connectivity index (χ3v) is 5.79. The van der Waals surface area contributed by atoms with Crippen molar-refractivity contribution < 1.29 is 14.4 Å². The molecule has 1 aliphatic rings. The van der Waals surface area contributed by atoms with E-state index in [-0.39, 0.29) is 30.6 Å². The Bertz CT molecular complexity index is 1090. The summed E-state index contributed by atoms with van der Waals surface area (Å²) in [6.45, 7) is 4.30. The molecule has 1 aliphatic heterocycles. The molecule has 0 unspecified atom stereocenters. The highest BCUT2D eigenvalue weighted by molar-refractivity contribution is 7.14. The van der Waals surface area contributed by atoms with E-state index in [1.807, 2.05) is 17.5 Å². The second-order valence-electron chi connectivity index (χ2n) is 7.44. The minimum Gasteiger partial charge on any atom is -0.298 e. The zero-order valence-corrected chi connectivity index (χ0v) is 17.5. The number of amides is 3. The molecular weight excluding hydrogens is 398 g/mol. The summed E-state index contributed by atoms with van der Waals surface area (Å²) < 4.78 is 0. The van der Waals surface area contributed by atoms with E-state index in [2.05, 4.69) is 36.3 Å². The van der Waals surface area contributed by atoms with E-state index in [9.17, 15) is 14.4 Å². The molecule has 2 aromatic carbocycles. The van der Waals surface area contributed by atoms with E-state index in [1.165, 1.54) is 21.8 Å². The second-order valence-corrected chi connectivity index (χ2v) is 8.30. The van der Waals surface area contributed by atoms with Crippen molar-refractivity contribution in [2.75, 3.05) is 10.2 Å². The number of nitrogens with one attached hydrogen (secondary N) is 1. The summed E-state index contributed by atoms with van der Waals surface area (Å²) in [4.78, 5) is 41.9. The highest BCUT2D eigenvalue weighted by Crippen LogP contribution is 2.27. The zero-order valence-electron chi connectivity index (χ0n) is 16.7. The van der Waals surface area contributed by atoms with Crippen LogP contribution in [0.15, 0.2) is 53.9 Å². The molecule has 4 rings (SSSR count). The van der Waals surface area contributed by atoms with Gasteiger partial charge in [0, 0.05) is 29.3 Å². The molecule has 0 spiro atoms. The Morgan fingerprint density at radius 2 is 1.63 bits per heavy atom. The van der Waals surface area contributed by atoms with Crippen molar-refractivity contribution in [3.63, 3.8) is 0 Å². The Morgan fingerprint density at radius 1 is 1.00 bits per heavy atom. The normalized spacial score (nSPS) is 13.9. The summed E-state index contributed by atoms with van der Waals surface area (Å²) in [6.07, 6.45) is 0.460. The third-order valence-electron chi connectivity index (χ3n) is 5.04. The van der Waals surface area contributed by atoms with Crippen molar-refractivity contribution >= 4 is 39.9 Å². The molecule has 1 aromatic heterocycles. The van der Waals surface area contributed by atoms with Crippen molar-refractivity contribution in [1.82, 2.24) is 4.98 Å². The SMILES string of the molecule is CC(C)c1ccc(-c2csc(NC(=O)c3ccc(N4C(=O)CCC4=O)cc3)n2)cc1. The Hall–Kier alpha value is -3.32. The first-order valence-electron chi connectivity index (χ1n) is 9.75. The number of anilines is 2. The number of imide groups is 1. The molecule has 0 aliphatic carbocycles. The highest BCUT2D eigenvalue weighted by atomic mass is 32.1. The van der Waals surface area contributed by atoms with Gasteiger partial charge in [0.25, 0.3) is 5.91 Å². The first kappa shape index (κ1) is 20.0. The van der Waals surface area contributed by atoms with Gasteiger partial charge in [0.15, 0.2) is 5.13 Å². The Kier molecular flexibility index (Phi) is 5.46. The lowest BCUT2D eigenvalue weighted by molar-refractivity contribution is -0.121. The minimum absolute atomic E-state index is 0.214. The van der Waals surface area contributed by atoms with Gasteiger partial charge >= 0.3 is 0 Å². The molecule has 0 saturated carbocycles. The van der Waals surface area contributed by atoms with Crippen LogP contribution in [-0.4, -0.2) is 22.7 Å². The highest BCUT2D eigenvalue weighted by Gasteiger charge is 2.30. The van der Waals surface area contributed by atoms with E-state index >= 15 is 0 Å². The molecule has 1 fully saturated rings. The zero-order chi connectivity index (χ0) is 21.3. The van der Waals surface area contributed by atoms with Crippen molar-refractivity contribution in [3.8, 4) is 11.3 Å². The predicted molar refractivity (Wildman–Crippen MR) is 118 cm³/mol. The minimum atomic E-state index is -0.295. The van der Waals surface area contributed by atoms with E-state index in [4.69, 9.17) is 0 Å². The number of thiazole rings is 1. The molecule has 0 atom stereocenters. The first-order chi connectivity index (χ1) is 14.4. The number of aromatic nitrogens is 1. The van der Waals surface area contributed by atoms with Crippen molar-refractivity contribution in [3.05, 3.63) is 65.0 Å². The first-order valence-corrected chi connectivity index (χ1v) is 10.6. The standard InChI is InChI=1S/C23H21N3O3S/c1-14(2)15-3-5-16(6-4-15)19-13-30-23(24-19)25-22(29)17-7-9-18(10-8-17)26-20(27)11-12-21(26)28/h3-10,13-14H,11-12H2,1-2H3,(H,24,25,29). The maximum atomic E-state index is 12.5. The van der Waals surface area contributed by atoms with Crippen LogP contribution < -0.4 is 10.2 Å². The molecule has 1 saturated heterocycles. The summed E-state index contributed by atoms with van der Waals surface area (Å²) in [5.74, 6) is -0.253. The van der Waals surface area contributed by atoms with Crippen molar-refractivity contribution in [1.29, 1.82) is 0 Å². The van der Waals surface area contributed by atoms with E-state index in [0.717, 1.165) is 11.3 Å². The number of hydrogen-bond donors (Lipinski definition) is 1. The maximum Gasteiger partial charge on any atom is 0.257 e. The number of carbonyl (C=O) groups excluding carboxylic acids is 3. The van der Waals surface area contributed by atoms with Gasteiger partial charge in [0.2, 0.25) is 11.8 Å². The van der Waals surface area contributed by atoms with Crippen LogP contribution in [0.2, 0.25) is 0 Å². The van der Waals surface area contributed by atoms with E-state index < -0.39 is 0 Å². The average molecular weight is 420 g/mol. The summed E-state index contributed by atoms with van der Waals surface area (Å²) >= 11 is 1.36. The summed E-state index contributed by atoms with van der Waals surface area (Å²) in [7, 11) is 0. The van der Waals surface area contributed by atoms with Gasteiger partial charge in [0.05, 0.1) is 11.4 Å². The fourth-order valence-corrected chi connectivity index (χ4v) is 4.01. The maximum absolute atomic E-state index is 12.5. The van der Waals surface area contributed by atoms with Crippen LogP contribution in [-0.2, 0) is 9.59 Å². The molecular formula is C23H21N3O3S. The van der Waals surface area contributed by atoms with Gasteiger partial charge in [-0.05, 0) is 35.7 Å². The molecule has 2 heterocycles. The molecule has 1 N–H and O–H groups in total. The van der Waals surface area contributed by atoms with Crippen LogP contribution in [0.4, 0.5) is 10.8 Å². The molecule has 3 aromatic rings. The molecule has 152 valence electrons. The van der Waals surface area contributed by atoms with Gasteiger partial charge in [-0.1, -0.05) is 38.1 Å². The summed E-state index contributed by atoms with van der Waals surface area (Å²) in [6, 6.07) is 14.7. The van der Waals surface area contributed by atoms with Crippen molar-refractivity contribution in [2.45, 2.75) is 32.6 Å². The van der Waals surface area contributed by atoms with Crippen LogP contribution in [0.5, 0.6) is 0 Å². The molecule has 0 radical (unpaired) electrons. The monoisotopic (exact) mass is 419 g/mol.